The van der Waals surface area contributed by atoms with Crippen molar-refractivity contribution in [1.82, 2.24) is 0 Å². The molecule has 0 aliphatic carbocycles. The molecular weight excluding hydrogens is 210 g/mol. The van der Waals surface area contributed by atoms with Crippen molar-refractivity contribution in [3.8, 4) is 0 Å². The summed E-state index contributed by atoms with van der Waals surface area (Å²) in [5, 5.41) is 0. The highest BCUT2D eigenvalue weighted by atomic mass is 16.1. The Hall–Kier alpha value is -0.530. The highest BCUT2D eigenvalue weighted by molar-refractivity contribution is 5.73. The number of hydrogen-bond acceptors (Lipinski definition) is 1. The normalized spacial score (nSPS) is 12.6. The number of primary amides is 1. The molecule has 0 aliphatic rings. The van der Waals surface area contributed by atoms with E-state index in [1.165, 1.54) is 57.8 Å². The van der Waals surface area contributed by atoms with Gasteiger partial charge in [0.15, 0.2) is 0 Å². The largest absolute Gasteiger partial charge is 0.370 e. The minimum Gasteiger partial charge on any atom is -0.370 e. The first-order valence-electron chi connectivity index (χ1n) is 7.49. The fourth-order valence-corrected chi connectivity index (χ4v) is 2.32. The van der Waals surface area contributed by atoms with E-state index in [1.54, 1.807) is 0 Å². The van der Waals surface area contributed by atoms with Crippen molar-refractivity contribution < 1.29 is 4.79 Å². The average Bonchev–Trinajstić information content (AvgIpc) is 2.30. The van der Waals surface area contributed by atoms with E-state index in [2.05, 4.69) is 13.8 Å². The predicted octanol–water partition coefficient (Wildman–Crippen LogP) is 4.42. The molecule has 2 N–H and O–H groups in total. The second-order valence-electron chi connectivity index (χ2n) is 5.22. The summed E-state index contributed by atoms with van der Waals surface area (Å²) in [6.45, 7) is 4.48. The van der Waals surface area contributed by atoms with Crippen molar-refractivity contribution in [3.05, 3.63) is 0 Å². The van der Waals surface area contributed by atoms with Crippen molar-refractivity contribution in [2.45, 2.75) is 84.5 Å². The summed E-state index contributed by atoms with van der Waals surface area (Å²) in [5.74, 6) is 0.588. The first kappa shape index (κ1) is 16.5. The highest BCUT2D eigenvalue weighted by Gasteiger charge is 2.09. The van der Waals surface area contributed by atoms with E-state index in [0.717, 1.165) is 12.3 Å². The van der Waals surface area contributed by atoms with Crippen LogP contribution in [0.4, 0.5) is 0 Å². The summed E-state index contributed by atoms with van der Waals surface area (Å²) < 4.78 is 0. The Labute approximate surface area is 107 Å². The maximum absolute atomic E-state index is 10.8. The lowest BCUT2D eigenvalue weighted by Gasteiger charge is -2.15. The van der Waals surface area contributed by atoms with Crippen molar-refractivity contribution in [3.63, 3.8) is 0 Å². The minimum atomic E-state index is -0.140. The molecule has 1 amide bonds. The molecule has 2 nitrogen and oxygen atoms in total. The van der Waals surface area contributed by atoms with Gasteiger partial charge in [0, 0.05) is 6.42 Å². The van der Waals surface area contributed by atoms with Crippen molar-refractivity contribution in [2.75, 3.05) is 0 Å². The van der Waals surface area contributed by atoms with E-state index in [1.807, 2.05) is 0 Å². The Morgan fingerprint density at radius 2 is 1.41 bits per heavy atom. The minimum absolute atomic E-state index is 0.140. The van der Waals surface area contributed by atoms with Crippen LogP contribution >= 0.6 is 0 Å². The molecule has 1 unspecified atom stereocenters. The van der Waals surface area contributed by atoms with Crippen molar-refractivity contribution in [1.29, 1.82) is 0 Å². The van der Waals surface area contributed by atoms with E-state index in [4.69, 9.17) is 5.73 Å². The quantitative estimate of drug-likeness (QED) is 0.505. The van der Waals surface area contributed by atoms with Crippen molar-refractivity contribution in [2.24, 2.45) is 11.7 Å². The van der Waals surface area contributed by atoms with E-state index < -0.39 is 0 Å². The third-order valence-corrected chi connectivity index (χ3v) is 3.48. The smallest absolute Gasteiger partial charge is 0.217 e. The third-order valence-electron chi connectivity index (χ3n) is 3.48. The molecule has 0 aromatic carbocycles. The molecule has 0 saturated carbocycles. The van der Waals surface area contributed by atoms with Crippen LogP contribution in [0.1, 0.15) is 84.5 Å². The molecule has 0 aromatic rings. The molecule has 0 heterocycles. The van der Waals surface area contributed by atoms with Gasteiger partial charge in [-0.2, -0.15) is 0 Å². The van der Waals surface area contributed by atoms with Gasteiger partial charge in [-0.3, -0.25) is 4.79 Å². The van der Waals surface area contributed by atoms with Gasteiger partial charge in [0.05, 0.1) is 0 Å². The average molecular weight is 241 g/mol. The predicted molar refractivity (Wildman–Crippen MR) is 74.8 cm³/mol. The standard InChI is InChI=1S/C15H31NO/c1-3-5-7-9-11-14(10-8-6-4-2)12-13-15(16)17/h14H,3-13H2,1-2H3,(H2,16,17). The van der Waals surface area contributed by atoms with E-state index in [9.17, 15) is 4.79 Å². The molecule has 2 heteroatoms. The van der Waals surface area contributed by atoms with Crippen LogP contribution in [0.3, 0.4) is 0 Å². The fourth-order valence-electron chi connectivity index (χ4n) is 2.32. The second-order valence-corrected chi connectivity index (χ2v) is 5.22. The molecule has 0 saturated heterocycles. The maximum Gasteiger partial charge on any atom is 0.217 e. The topological polar surface area (TPSA) is 43.1 Å². The van der Waals surface area contributed by atoms with Gasteiger partial charge in [-0.1, -0.05) is 71.6 Å². The molecule has 0 fully saturated rings. The van der Waals surface area contributed by atoms with Gasteiger partial charge in [-0.25, -0.2) is 0 Å². The fraction of sp³-hybridized carbons (Fsp3) is 0.933. The zero-order valence-corrected chi connectivity index (χ0v) is 11.8. The van der Waals surface area contributed by atoms with E-state index in [-0.39, 0.29) is 5.91 Å². The summed E-state index contributed by atoms with van der Waals surface area (Å²) >= 11 is 0. The summed E-state index contributed by atoms with van der Waals surface area (Å²) in [6, 6.07) is 0. The number of nitrogens with two attached hydrogens (primary N) is 1. The Morgan fingerprint density at radius 3 is 1.94 bits per heavy atom. The number of carbonyl (C=O) groups is 1. The number of unbranched alkanes of at least 4 members (excludes halogenated alkanes) is 5. The molecule has 0 spiro atoms. The van der Waals surface area contributed by atoms with Gasteiger partial charge in [0.2, 0.25) is 5.91 Å². The molecular formula is C15H31NO. The van der Waals surface area contributed by atoms with Gasteiger partial charge in [0.1, 0.15) is 0 Å². The molecule has 0 rings (SSSR count). The molecule has 0 aromatic heterocycles. The number of carbonyl (C=O) groups excluding carboxylic acids is 1. The molecule has 1 atom stereocenters. The second kappa shape index (κ2) is 11.9. The van der Waals surface area contributed by atoms with E-state index >= 15 is 0 Å². The first-order valence-corrected chi connectivity index (χ1v) is 7.49. The summed E-state index contributed by atoms with van der Waals surface area (Å²) in [5.41, 5.74) is 5.23. The summed E-state index contributed by atoms with van der Waals surface area (Å²) in [7, 11) is 0. The maximum atomic E-state index is 10.8. The summed E-state index contributed by atoms with van der Waals surface area (Å²) in [4.78, 5) is 10.8. The van der Waals surface area contributed by atoms with Gasteiger partial charge < -0.3 is 5.73 Å². The van der Waals surface area contributed by atoms with Gasteiger partial charge in [-0.05, 0) is 12.3 Å². The SMILES string of the molecule is CCCCCCC(CCCCC)CCC(N)=O. The Bertz CT molecular complexity index is 180. The highest BCUT2D eigenvalue weighted by Crippen LogP contribution is 2.22. The van der Waals surface area contributed by atoms with Crippen LogP contribution in [0.2, 0.25) is 0 Å². The monoisotopic (exact) mass is 241 g/mol. The van der Waals surface area contributed by atoms with Gasteiger partial charge >= 0.3 is 0 Å². The third kappa shape index (κ3) is 11.7. The van der Waals surface area contributed by atoms with Crippen LogP contribution in [-0.2, 0) is 4.79 Å². The molecule has 102 valence electrons. The van der Waals surface area contributed by atoms with E-state index in [0.29, 0.717) is 6.42 Å². The van der Waals surface area contributed by atoms with Crippen LogP contribution in [-0.4, -0.2) is 5.91 Å². The molecule has 17 heavy (non-hydrogen) atoms. The van der Waals surface area contributed by atoms with Crippen LogP contribution in [0.25, 0.3) is 0 Å². The Morgan fingerprint density at radius 1 is 0.882 bits per heavy atom. The lowest BCUT2D eigenvalue weighted by atomic mass is 9.90. The van der Waals surface area contributed by atoms with Crippen LogP contribution < -0.4 is 5.73 Å². The van der Waals surface area contributed by atoms with Crippen LogP contribution in [0, 0.1) is 5.92 Å². The molecule has 0 aliphatic heterocycles. The summed E-state index contributed by atoms with van der Waals surface area (Å²) in [6.07, 6.45) is 13.4. The number of rotatable bonds is 12. The van der Waals surface area contributed by atoms with Crippen LogP contribution in [0.15, 0.2) is 0 Å². The number of amides is 1. The van der Waals surface area contributed by atoms with Crippen molar-refractivity contribution >= 4 is 5.91 Å². The molecule has 0 bridgehead atoms. The van der Waals surface area contributed by atoms with Gasteiger partial charge in [-0.15, -0.1) is 0 Å². The zero-order valence-electron chi connectivity index (χ0n) is 11.8. The first-order chi connectivity index (χ1) is 8.20. The lowest BCUT2D eigenvalue weighted by molar-refractivity contribution is -0.118. The van der Waals surface area contributed by atoms with Crippen LogP contribution in [0.5, 0.6) is 0 Å². The molecule has 0 radical (unpaired) electrons. The number of hydrogen-bond donors (Lipinski definition) is 1. The van der Waals surface area contributed by atoms with Gasteiger partial charge in [0.25, 0.3) is 0 Å². The Kier molecular flexibility index (Phi) is 11.6. The zero-order chi connectivity index (χ0) is 12.9. The lowest BCUT2D eigenvalue weighted by Crippen LogP contribution is -2.13. The Balaban J connectivity index is 3.71.